The number of aromatic nitrogens is 1. The molecule has 0 radical (unpaired) electrons. The van der Waals surface area contributed by atoms with Crippen molar-refractivity contribution in [1.82, 2.24) is 4.98 Å². The highest BCUT2D eigenvalue weighted by Gasteiger charge is 2.30. The van der Waals surface area contributed by atoms with E-state index in [0.717, 1.165) is 21.6 Å². The number of hydrogen-bond acceptors (Lipinski definition) is 6. The Morgan fingerprint density at radius 3 is 2.47 bits per heavy atom. The van der Waals surface area contributed by atoms with E-state index in [4.69, 9.17) is 5.73 Å². The quantitative estimate of drug-likeness (QED) is 0.300. The van der Waals surface area contributed by atoms with Gasteiger partial charge in [0.1, 0.15) is 13.0 Å². The van der Waals surface area contributed by atoms with Crippen molar-refractivity contribution in [3.63, 3.8) is 0 Å². The number of thiophene rings is 1. The monoisotopic (exact) mass is 488 g/mol. The van der Waals surface area contributed by atoms with Crippen LogP contribution >= 0.6 is 18.5 Å². The molecule has 0 saturated carbocycles. The minimum absolute atomic E-state index is 0.263. The number of rotatable bonds is 5. The van der Waals surface area contributed by atoms with Crippen molar-refractivity contribution in [1.29, 1.82) is 0 Å². The third-order valence-electron chi connectivity index (χ3n) is 6.13. The molecule has 0 unspecified atom stereocenters. The van der Waals surface area contributed by atoms with Gasteiger partial charge < -0.3 is 20.5 Å². The van der Waals surface area contributed by atoms with E-state index in [0.29, 0.717) is 42.4 Å². The lowest BCUT2D eigenvalue weighted by Gasteiger charge is -2.33. The highest BCUT2D eigenvalue weighted by atomic mass is 32.1. The average Bonchev–Trinajstić information content (AvgIpc) is 3.42. The van der Waals surface area contributed by atoms with Gasteiger partial charge in [0.15, 0.2) is 0 Å². The van der Waals surface area contributed by atoms with Crippen LogP contribution in [0.2, 0.25) is 0 Å². The highest BCUT2D eigenvalue weighted by molar-refractivity contribution is 7.71. The minimum Gasteiger partial charge on any atom is -0.397 e. The molecule has 8 heteroatoms. The summed E-state index contributed by atoms with van der Waals surface area (Å²) in [7, 11) is -2.36. The summed E-state index contributed by atoms with van der Waals surface area (Å²) in [6, 6.07) is 23.0. The van der Waals surface area contributed by atoms with E-state index in [2.05, 4.69) is 15.2 Å². The number of anilines is 3. The van der Waals surface area contributed by atoms with E-state index < -0.39 is 7.14 Å². The first-order chi connectivity index (χ1) is 16.5. The molecule has 3 N–H and O–H groups in total. The van der Waals surface area contributed by atoms with Gasteiger partial charge in [0.05, 0.1) is 16.9 Å². The van der Waals surface area contributed by atoms with Gasteiger partial charge in [-0.05, 0) is 41.3 Å². The third-order valence-corrected chi connectivity index (χ3v) is 10.1. The summed E-state index contributed by atoms with van der Waals surface area (Å²) in [5.74, 6) is 0.524. The molecule has 2 aromatic carbocycles. The SMILES string of the molecule is Nc1ccc(-c2cccs2)cc1NC(=O)c1ccc(N2CCP(=O)(c3ccccc3)CC2)nc1. The van der Waals surface area contributed by atoms with Gasteiger partial charge in [-0.25, -0.2) is 4.98 Å². The number of nitrogens with two attached hydrogens (primary N) is 1. The van der Waals surface area contributed by atoms with Gasteiger partial charge in [0, 0.05) is 41.8 Å². The van der Waals surface area contributed by atoms with Crippen LogP contribution in [0.5, 0.6) is 0 Å². The first-order valence-electron chi connectivity index (χ1n) is 11.1. The van der Waals surface area contributed by atoms with Gasteiger partial charge >= 0.3 is 0 Å². The smallest absolute Gasteiger partial charge is 0.257 e. The van der Waals surface area contributed by atoms with Crippen LogP contribution in [0.1, 0.15) is 10.4 Å². The van der Waals surface area contributed by atoms with Crippen LogP contribution in [0.3, 0.4) is 0 Å². The largest absolute Gasteiger partial charge is 0.397 e. The van der Waals surface area contributed by atoms with Crippen LogP contribution in [-0.4, -0.2) is 36.3 Å². The normalized spacial score (nSPS) is 15.1. The average molecular weight is 489 g/mol. The standard InChI is InChI=1S/C26H25N4O2PS/c27-22-10-8-19(24-7-4-16-34-24)17-23(22)29-26(31)20-9-11-25(28-18-20)30-12-14-33(32,15-13-30)21-5-2-1-3-6-21/h1-11,16-18H,12-15,27H2,(H,29,31). The molecule has 1 aliphatic rings. The van der Waals surface area contributed by atoms with E-state index in [9.17, 15) is 9.36 Å². The summed E-state index contributed by atoms with van der Waals surface area (Å²) in [4.78, 5) is 20.6. The Kier molecular flexibility index (Phi) is 6.22. The minimum atomic E-state index is -2.36. The number of nitrogens with one attached hydrogen (secondary N) is 1. The molecule has 172 valence electrons. The first-order valence-corrected chi connectivity index (χ1v) is 14.1. The Bertz CT molecular complexity index is 1330. The number of pyridine rings is 1. The van der Waals surface area contributed by atoms with E-state index >= 15 is 0 Å². The zero-order valence-corrected chi connectivity index (χ0v) is 20.3. The molecular weight excluding hydrogens is 463 g/mol. The van der Waals surface area contributed by atoms with Crippen molar-refractivity contribution in [3.8, 4) is 10.4 Å². The molecule has 0 atom stereocenters. The molecule has 0 aliphatic carbocycles. The van der Waals surface area contributed by atoms with Gasteiger partial charge in [-0.15, -0.1) is 11.3 Å². The van der Waals surface area contributed by atoms with Crippen molar-refractivity contribution >= 4 is 46.9 Å². The zero-order chi connectivity index (χ0) is 23.5. The van der Waals surface area contributed by atoms with Gasteiger partial charge in [0.2, 0.25) is 0 Å². The summed E-state index contributed by atoms with van der Waals surface area (Å²) in [6.07, 6.45) is 2.83. The Hall–Kier alpha value is -3.41. The van der Waals surface area contributed by atoms with Gasteiger partial charge in [-0.2, -0.15) is 0 Å². The molecule has 1 saturated heterocycles. The Labute approximate surface area is 202 Å². The highest BCUT2D eigenvalue weighted by Crippen LogP contribution is 2.46. The second kappa shape index (κ2) is 9.45. The van der Waals surface area contributed by atoms with Crippen molar-refractivity contribution in [2.45, 2.75) is 0 Å². The van der Waals surface area contributed by atoms with Crippen molar-refractivity contribution in [2.75, 3.05) is 41.4 Å². The number of nitrogens with zero attached hydrogens (tertiary/aromatic N) is 2. The number of carbonyl (C=O) groups excluding carboxylic acids is 1. The Morgan fingerprint density at radius 1 is 1.00 bits per heavy atom. The molecule has 1 aliphatic heterocycles. The first kappa shape index (κ1) is 22.4. The Morgan fingerprint density at radius 2 is 1.79 bits per heavy atom. The van der Waals surface area contributed by atoms with E-state index in [1.54, 1.807) is 29.7 Å². The second-order valence-electron chi connectivity index (χ2n) is 8.30. The molecule has 34 heavy (non-hydrogen) atoms. The lowest BCUT2D eigenvalue weighted by atomic mass is 10.1. The fraction of sp³-hybridized carbons (Fsp3) is 0.154. The summed E-state index contributed by atoms with van der Waals surface area (Å²) in [5, 5.41) is 5.88. The maximum atomic E-state index is 13.3. The molecule has 6 nitrogen and oxygen atoms in total. The fourth-order valence-corrected chi connectivity index (χ4v) is 7.45. The van der Waals surface area contributed by atoms with Gasteiger partial charge in [-0.1, -0.05) is 42.5 Å². The molecule has 4 aromatic rings. The summed E-state index contributed by atoms with van der Waals surface area (Å²) in [5.41, 5.74) is 8.64. The summed E-state index contributed by atoms with van der Waals surface area (Å²) >= 11 is 1.63. The number of carbonyl (C=O) groups is 1. The maximum absolute atomic E-state index is 13.3. The van der Waals surface area contributed by atoms with Crippen molar-refractivity contribution < 1.29 is 9.36 Å². The number of benzene rings is 2. The molecule has 2 aromatic heterocycles. The van der Waals surface area contributed by atoms with Crippen LogP contribution in [0, 0.1) is 0 Å². The van der Waals surface area contributed by atoms with Crippen LogP contribution < -0.4 is 21.3 Å². The molecule has 5 rings (SSSR count). The van der Waals surface area contributed by atoms with Crippen LogP contribution in [0.15, 0.2) is 84.4 Å². The topological polar surface area (TPSA) is 88.3 Å². The van der Waals surface area contributed by atoms with Crippen molar-refractivity contribution in [3.05, 3.63) is 89.9 Å². The zero-order valence-electron chi connectivity index (χ0n) is 18.6. The number of nitrogen functional groups attached to an aromatic ring is 1. The second-order valence-corrected chi connectivity index (χ2v) is 12.4. The van der Waals surface area contributed by atoms with E-state index in [1.165, 1.54) is 0 Å². The van der Waals surface area contributed by atoms with Crippen molar-refractivity contribution in [2.24, 2.45) is 0 Å². The Balaban J connectivity index is 1.25. The third kappa shape index (κ3) is 4.63. The molecule has 0 bridgehead atoms. The lowest BCUT2D eigenvalue weighted by molar-refractivity contribution is 0.102. The van der Waals surface area contributed by atoms with E-state index in [-0.39, 0.29) is 5.91 Å². The number of amides is 1. The van der Waals surface area contributed by atoms with Gasteiger partial charge in [0.25, 0.3) is 5.91 Å². The van der Waals surface area contributed by atoms with E-state index in [1.807, 2.05) is 66.0 Å². The van der Waals surface area contributed by atoms with Crippen LogP contribution in [-0.2, 0) is 4.57 Å². The predicted octanol–water partition coefficient (Wildman–Crippen LogP) is 5.15. The number of hydrogen-bond donors (Lipinski definition) is 2. The van der Waals surface area contributed by atoms with Crippen LogP contribution in [0.4, 0.5) is 17.2 Å². The van der Waals surface area contributed by atoms with Gasteiger partial charge in [-0.3, -0.25) is 4.79 Å². The lowest BCUT2D eigenvalue weighted by Crippen LogP contribution is -2.37. The fourth-order valence-electron chi connectivity index (χ4n) is 4.14. The predicted molar refractivity (Wildman–Crippen MR) is 142 cm³/mol. The molecule has 1 fully saturated rings. The molecule has 0 spiro atoms. The summed E-state index contributed by atoms with van der Waals surface area (Å²) in [6.45, 7) is 1.35. The molecule has 3 heterocycles. The molecular formula is C26H25N4O2PS. The summed E-state index contributed by atoms with van der Waals surface area (Å²) < 4.78 is 13.3. The molecule has 1 amide bonds. The van der Waals surface area contributed by atoms with Crippen LogP contribution in [0.25, 0.3) is 10.4 Å². The maximum Gasteiger partial charge on any atom is 0.257 e.